The Kier molecular flexibility index (Phi) is 5.50. The minimum atomic E-state index is -0.480. The van der Waals surface area contributed by atoms with Crippen molar-refractivity contribution in [2.45, 2.75) is 5.38 Å². The van der Waals surface area contributed by atoms with Crippen LogP contribution in [0.25, 0.3) is 0 Å². The molecule has 0 heterocycles. The van der Waals surface area contributed by atoms with Crippen molar-refractivity contribution >= 4 is 46.4 Å². The van der Waals surface area contributed by atoms with Gasteiger partial charge in [-0.3, -0.25) is 0 Å². The van der Waals surface area contributed by atoms with Crippen molar-refractivity contribution in [2.24, 2.45) is 0 Å². The molecule has 1 atom stereocenters. The minimum absolute atomic E-state index is 0.441. The lowest BCUT2D eigenvalue weighted by molar-refractivity contribution is 0.354. The molecule has 1 unspecified atom stereocenters. The monoisotopic (exact) mass is 364 g/mol. The van der Waals surface area contributed by atoms with E-state index in [1.54, 1.807) is 44.6 Å². The number of hydrogen-bond donors (Lipinski definition) is 0. The second-order valence-corrected chi connectivity index (χ2v) is 5.92. The van der Waals surface area contributed by atoms with Crippen molar-refractivity contribution in [2.75, 3.05) is 14.2 Å². The quantitative estimate of drug-likeness (QED) is 0.619. The highest BCUT2D eigenvalue weighted by atomic mass is 35.5. The van der Waals surface area contributed by atoms with Crippen LogP contribution in [-0.4, -0.2) is 14.2 Å². The largest absolute Gasteiger partial charge is 0.493 e. The van der Waals surface area contributed by atoms with Gasteiger partial charge in [-0.25, -0.2) is 0 Å². The third-order valence-electron chi connectivity index (χ3n) is 3.01. The number of halogens is 4. The summed E-state index contributed by atoms with van der Waals surface area (Å²) >= 11 is 24.7. The van der Waals surface area contributed by atoms with Crippen molar-refractivity contribution in [1.29, 1.82) is 0 Å². The van der Waals surface area contributed by atoms with Gasteiger partial charge in [0.1, 0.15) is 0 Å². The molecule has 0 bridgehead atoms. The van der Waals surface area contributed by atoms with Gasteiger partial charge in [0.25, 0.3) is 0 Å². The normalized spacial score (nSPS) is 12.1. The summed E-state index contributed by atoms with van der Waals surface area (Å²) in [5.74, 6) is 1.10. The van der Waals surface area contributed by atoms with Crippen LogP contribution in [0.5, 0.6) is 11.5 Å². The van der Waals surface area contributed by atoms with Gasteiger partial charge in [0.2, 0.25) is 0 Å². The van der Waals surface area contributed by atoms with E-state index in [9.17, 15) is 0 Å². The molecular weight excluding hydrogens is 354 g/mol. The molecule has 112 valence electrons. The molecule has 2 aromatic rings. The van der Waals surface area contributed by atoms with Crippen LogP contribution in [-0.2, 0) is 0 Å². The maximum absolute atomic E-state index is 6.50. The first-order valence-corrected chi connectivity index (χ1v) is 7.55. The number of alkyl halides is 1. The molecule has 0 amide bonds. The van der Waals surface area contributed by atoms with Crippen molar-refractivity contribution < 1.29 is 9.47 Å². The fourth-order valence-corrected chi connectivity index (χ4v) is 2.86. The molecule has 2 rings (SSSR count). The second-order valence-electron chi connectivity index (χ2n) is 4.26. The maximum atomic E-state index is 6.50. The topological polar surface area (TPSA) is 18.5 Å². The molecule has 2 nitrogen and oxygen atoms in total. The Labute approximate surface area is 143 Å². The molecule has 0 aromatic heterocycles. The van der Waals surface area contributed by atoms with Crippen LogP contribution < -0.4 is 9.47 Å². The summed E-state index contributed by atoms with van der Waals surface area (Å²) < 4.78 is 10.5. The Balaban J connectivity index is 2.47. The van der Waals surface area contributed by atoms with E-state index in [4.69, 9.17) is 55.9 Å². The van der Waals surface area contributed by atoms with E-state index in [2.05, 4.69) is 0 Å². The van der Waals surface area contributed by atoms with Crippen LogP contribution in [0, 0.1) is 0 Å². The first kappa shape index (κ1) is 16.6. The summed E-state index contributed by atoms with van der Waals surface area (Å²) in [7, 11) is 3.10. The van der Waals surface area contributed by atoms with Gasteiger partial charge >= 0.3 is 0 Å². The molecule has 0 fully saturated rings. The molecule has 6 heteroatoms. The number of ether oxygens (including phenoxy) is 2. The van der Waals surface area contributed by atoms with E-state index in [0.717, 1.165) is 5.56 Å². The lowest BCUT2D eigenvalue weighted by Gasteiger charge is -2.16. The minimum Gasteiger partial charge on any atom is -0.493 e. The molecule has 0 radical (unpaired) electrons. The van der Waals surface area contributed by atoms with Crippen LogP contribution in [0.2, 0.25) is 15.1 Å². The summed E-state index contributed by atoms with van der Waals surface area (Å²) in [6.07, 6.45) is 0. The van der Waals surface area contributed by atoms with Gasteiger partial charge in [0, 0.05) is 11.1 Å². The first-order chi connectivity index (χ1) is 9.97. The fourth-order valence-electron chi connectivity index (χ4n) is 1.91. The van der Waals surface area contributed by atoms with Crippen LogP contribution in [0.4, 0.5) is 0 Å². The Morgan fingerprint density at radius 2 is 1.43 bits per heavy atom. The van der Waals surface area contributed by atoms with Gasteiger partial charge in [-0.05, 0) is 29.3 Å². The second kappa shape index (κ2) is 6.97. The predicted molar refractivity (Wildman–Crippen MR) is 88.7 cm³/mol. The molecule has 21 heavy (non-hydrogen) atoms. The van der Waals surface area contributed by atoms with Crippen molar-refractivity contribution in [3.8, 4) is 11.5 Å². The molecular formula is C15H12Cl4O2. The summed E-state index contributed by atoms with van der Waals surface area (Å²) in [6.45, 7) is 0. The Bertz CT molecular complexity index is 658. The molecule has 0 aliphatic heterocycles. The molecule has 0 saturated carbocycles. The fraction of sp³-hybridized carbons (Fsp3) is 0.200. The zero-order valence-electron chi connectivity index (χ0n) is 11.3. The van der Waals surface area contributed by atoms with Crippen LogP contribution in [0.1, 0.15) is 16.5 Å². The van der Waals surface area contributed by atoms with Crippen molar-refractivity contribution in [3.05, 3.63) is 56.5 Å². The molecule has 0 saturated heterocycles. The van der Waals surface area contributed by atoms with E-state index in [1.807, 2.05) is 0 Å². The first-order valence-electron chi connectivity index (χ1n) is 5.98. The highest BCUT2D eigenvalue weighted by molar-refractivity contribution is 6.42. The van der Waals surface area contributed by atoms with Gasteiger partial charge in [-0.1, -0.05) is 40.9 Å². The Morgan fingerprint density at radius 3 is 2.00 bits per heavy atom. The van der Waals surface area contributed by atoms with Crippen molar-refractivity contribution in [3.63, 3.8) is 0 Å². The highest BCUT2D eigenvalue weighted by Crippen LogP contribution is 2.41. The predicted octanol–water partition coefficient (Wildman–Crippen LogP) is 5.99. The zero-order valence-corrected chi connectivity index (χ0v) is 14.3. The molecule has 0 aliphatic carbocycles. The zero-order chi connectivity index (χ0) is 15.6. The van der Waals surface area contributed by atoms with E-state index in [0.29, 0.717) is 32.1 Å². The SMILES string of the molecule is COc1cc(Cl)c(C(Cl)c2ccc(Cl)c(Cl)c2)cc1OC. The molecule has 0 spiro atoms. The lowest BCUT2D eigenvalue weighted by atomic mass is 10.0. The van der Waals surface area contributed by atoms with Gasteiger partial charge in [-0.2, -0.15) is 0 Å². The molecule has 2 aromatic carbocycles. The van der Waals surface area contributed by atoms with E-state index >= 15 is 0 Å². The Hall–Kier alpha value is -0.800. The average Bonchev–Trinajstić information content (AvgIpc) is 2.49. The lowest BCUT2D eigenvalue weighted by Crippen LogP contribution is -1.98. The third kappa shape index (κ3) is 3.51. The summed E-state index contributed by atoms with van der Waals surface area (Å²) in [5, 5.41) is 0.921. The van der Waals surface area contributed by atoms with Crippen LogP contribution >= 0.6 is 46.4 Å². The number of hydrogen-bond acceptors (Lipinski definition) is 2. The van der Waals surface area contributed by atoms with Crippen LogP contribution in [0.3, 0.4) is 0 Å². The molecule has 0 aliphatic rings. The highest BCUT2D eigenvalue weighted by Gasteiger charge is 2.19. The van der Waals surface area contributed by atoms with E-state index < -0.39 is 5.38 Å². The van der Waals surface area contributed by atoms with Crippen molar-refractivity contribution in [1.82, 2.24) is 0 Å². The van der Waals surface area contributed by atoms with Crippen LogP contribution in [0.15, 0.2) is 30.3 Å². The standard InChI is InChI=1S/C15H12Cl4O2/c1-20-13-6-9(11(17)7-14(13)21-2)15(19)8-3-4-10(16)12(18)5-8/h3-7,15H,1-2H3. The Morgan fingerprint density at radius 1 is 0.810 bits per heavy atom. The third-order valence-corrected chi connectivity index (χ3v) is 4.57. The number of methoxy groups -OCH3 is 2. The van der Waals surface area contributed by atoms with E-state index in [-0.39, 0.29) is 0 Å². The average molecular weight is 366 g/mol. The molecule has 0 N–H and O–H groups in total. The van der Waals surface area contributed by atoms with Gasteiger partial charge in [0.05, 0.1) is 29.6 Å². The summed E-state index contributed by atoms with van der Waals surface area (Å²) in [6, 6.07) is 8.64. The maximum Gasteiger partial charge on any atom is 0.162 e. The number of benzene rings is 2. The van der Waals surface area contributed by atoms with Gasteiger partial charge < -0.3 is 9.47 Å². The summed E-state index contributed by atoms with van der Waals surface area (Å²) in [4.78, 5) is 0. The summed E-state index contributed by atoms with van der Waals surface area (Å²) in [5.41, 5.74) is 1.49. The van der Waals surface area contributed by atoms with Gasteiger partial charge in [0.15, 0.2) is 11.5 Å². The van der Waals surface area contributed by atoms with E-state index in [1.165, 1.54) is 0 Å². The van der Waals surface area contributed by atoms with Gasteiger partial charge in [-0.15, -0.1) is 11.6 Å². The smallest absolute Gasteiger partial charge is 0.162 e. The number of rotatable bonds is 4.